The van der Waals surface area contributed by atoms with E-state index in [4.69, 9.17) is 22.1 Å². The third kappa shape index (κ3) is 9.52. The standard InChI is InChI=1S/C12H16NO3.C10H22S/c1-13(2,3)12(14)16-10-6-4-5-9-7-8-15-11(9)10;1-2-3-4-5-6-7-8-9-10-11/h4-6H,7-8H2,1-3H3;11H,2-10H2,1H3/q+1;/p-1. The molecule has 5 heteroatoms. The predicted octanol–water partition coefficient (Wildman–Crippen LogP) is 5.50. The molecule has 1 aromatic rings. The molecule has 1 amide bonds. The fourth-order valence-corrected chi connectivity index (χ4v) is 2.94. The summed E-state index contributed by atoms with van der Waals surface area (Å²) in [5.74, 6) is 2.19. The molecule has 0 spiro atoms. The van der Waals surface area contributed by atoms with Crippen LogP contribution >= 0.6 is 0 Å². The SMILES string of the molecule is CCCCCCCCCC[S-].C[N+](C)(C)C(=O)Oc1cccc2c1OCC2. The van der Waals surface area contributed by atoms with Crippen molar-refractivity contribution in [2.75, 3.05) is 33.5 Å². The van der Waals surface area contributed by atoms with Crippen LogP contribution in [0, 0.1) is 0 Å². The molecule has 4 nitrogen and oxygen atoms in total. The maximum Gasteiger partial charge on any atom is 0.520 e. The van der Waals surface area contributed by atoms with E-state index >= 15 is 0 Å². The number of hydrogen-bond donors (Lipinski definition) is 0. The molecule has 1 aliphatic heterocycles. The van der Waals surface area contributed by atoms with E-state index in [9.17, 15) is 4.79 Å². The summed E-state index contributed by atoms with van der Waals surface area (Å²) >= 11 is 4.87. The quantitative estimate of drug-likeness (QED) is 0.314. The topological polar surface area (TPSA) is 35.5 Å². The third-order valence-electron chi connectivity index (χ3n) is 4.42. The van der Waals surface area contributed by atoms with Gasteiger partial charge in [-0.25, -0.2) is 4.48 Å². The highest BCUT2D eigenvalue weighted by molar-refractivity contribution is 7.58. The Balaban J connectivity index is 0.000000293. The van der Waals surface area contributed by atoms with E-state index < -0.39 is 0 Å². The number of fused-ring (bicyclic) bond motifs is 1. The molecule has 0 aromatic heterocycles. The normalized spacial score (nSPS) is 12.6. The van der Waals surface area contributed by atoms with Crippen molar-refractivity contribution in [3.8, 4) is 11.5 Å². The number of carbonyl (C=O) groups is 1. The molecule has 0 N–H and O–H groups in total. The number of quaternary nitrogens is 1. The Bertz CT molecular complexity index is 547. The lowest BCUT2D eigenvalue weighted by molar-refractivity contribution is -0.793. The highest BCUT2D eigenvalue weighted by Crippen LogP contribution is 2.35. The van der Waals surface area contributed by atoms with Gasteiger partial charge in [-0.3, -0.25) is 0 Å². The minimum atomic E-state index is -0.302. The number of unbranched alkanes of at least 4 members (excludes halogenated alkanes) is 7. The Hall–Kier alpha value is -1.20. The van der Waals surface area contributed by atoms with Crippen LogP contribution in [0.25, 0.3) is 0 Å². The van der Waals surface area contributed by atoms with Gasteiger partial charge in [0.25, 0.3) is 0 Å². The molecule has 1 aromatic carbocycles. The van der Waals surface area contributed by atoms with Gasteiger partial charge in [0.05, 0.1) is 27.7 Å². The van der Waals surface area contributed by atoms with E-state index in [1.165, 1.54) is 51.4 Å². The lowest BCUT2D eigenvalue weighted by atomic mass is 10.1. The Morgan fingerprint density at radius 1 is 1.07 bits per heavy atom. The van der Waals surface area contributed by atoms with Crippen molar-refractivity contribution in [1.29, 1.82) is 0 Å². The number of ether oxygens (including phenoxy) is 2. The molecule has 0 unspecified atom stereocenters. The molecule has 0 radical (unpaired) electrons. The number of hydrogen-bond acceptors (Lipinski definition) is 4. The third-order valence-corrected chi connectivity index (χ3v) is 4.71. The zero-order valence-electron chi connectivity index (χ0n) is 17.6. The van der Waals surface area contributed by atoms with Crippen LogP contribution in [-0.4, -0.2) is 44.1 Å². The molecular formula is C22H37NO3S. The van der Waals surface area contributed by atoms with Gasteiger partial charge in [0.15, 0.2) is 11.5 Å². The number of amides is 1. The van der Waals surface area contributed by atoms with Gasteiger partial charge >= 0.3 is 6.09 Å². The van der Waals surface area contributed by atoms with Gasteiger partial charge < -0.3 is 22.1 Å². The fourth-order valence-electron chi connectivity index (χ4n) is 2.73. The monoisotopic (exact) mass is 395 g/mol. The first-order chi connectivity index (χ1) is 12.9. The minimum absolute atomic E-state index is 0.129. The highest BCUT2D eigenvalue weighted by Gasteiger charge is 2.26. The van der Waals surface area contributed by atoms with Gasteiger partial charge in [-0.05, 0) is 6.07 Å². The molecule has 0 saturated heterocycles. The molecule has 2 rings (SSSR count). The van der Waals surface area contributed by atoms with E-state index in [-0.39, 0.29) is 10.6 Å². The van der Waals surface area contributed by atoms with Crippen molar-refractivity contribution in [1.82, 2.24) is 0 Å². The number of carbonyl (C=O) groups excluding carboxylic acids is 1. The van der Waals surface area contributed by atoms with Gasteiger partial charge in [-0.2, -0.15) is 10.5 Å². The average molecular weight is 396 g/mol. The molecule has 0 atom stereocenters. The average Bonchev–Trinajstić information content (AvgIpc) is 3.10. The summed E-state index contributed by atoms with van der Waals surface area (Å²) in [6.45, 7) is 2.92. The maximum absolute atomic E-state index is 11.7. The van der Waals surface area contributed by atoms with E-state index in [1.54, 1.807) is 27.2 Å². The smallest absolute Gasteiger partial charge is 0.520 e. The van der Waals surface area contributed by atoms with Gasteiger partial charge in [0, 0.05) is 12.0 Å². The summed E-state index contributed by atoms with van der Waals surface area (Å²) in [7, 11) is 5.31. The van der Waals surface area contributed by atoms with Crippen LogP contribution in [0.4, 0.5) is 4.79 Å². The second-order valence-corrected chi connectivity index (χ2v) is 8.31. The zero-order valence-corrected chi connectivity index (χ0v) is 18.4. The first-order valence-corrected chi connectivity index (χ1v) is 10.8. The largest absolute Gasteiger partial charge is 0.793 e. The van der Waals surface area contributed by atoms with Gasteiger partial charge in [-0.1, -0.05) is 70.4 Å². The second kappa shape index (κ2) is 13.1. The summed E-state index contributed by atoms with van der Waals surface area (Å²) in [6.07, 6.45) is 11.7. The summed E-state index contributed by atoms with van der Waals surface area (Å²) in [5, 5.41) is 0. The number of para-hydroxylation sites is 1. The van der Waals surface area contributed by atoms with Gasteiger partial charge in [-0.15, -0.1) is 0 Å². The molecule has 1 heterocycles. The Morgan fingerprint density at radius 3 is 2.30 bits per heavy atom. The molecule has 0 saturated carbocycles. The van der Waals surface area contributed by atoms with E-state index in [2.05, 4.69) is 6.92 Å². The molecule has 0 bridgehead atoms. The summed E-state index contributed by atoms with van der Waals surface area (Å²) < 4.78 is 10.9. The molecule has 1 aliphatic rings. The fraction of sp³-hybridized carbons (Fsp3) is 0.682. The van der Waals surface area contributed by atoms with E-state index in [0.717, 1.165) is 17.7 Å². The molecule has 27 heavy (non-hydrogen) atoms. The lowest BCUT2D eigenvalue weighted by Gasteiger charge is -2.19. The summed E-state index contributed by atoms with van der Waals surface area (Å²) in [4.78, 5) is 11.7. The van der Waals surface area contributed by atoms with Crippen LogP contribution in [0.2, 0.25) is 0 Å². The van der Waals surface area contributed by atoms with Crippen LogP contribution in [0.5, 0.6) is 11.5 Å². The van der Waals surface area contributed by atoms with Gasteiger partial charge in [0.1, 0.15) is 0 Å². The molecule has 0 aliphatic carbocycles. The number of nitrogens with zero attached hydrogens (tertiary/aromatic N) is 1. The Labute approximate surface area is 171 Å². The number of benzene rings is 1. The number of rotatable bonds is 9. The molecule has 154 valence electrons. The highest BCUT2D eigenvalue weighted by atomic mass is 32.1. The maximum atomic E-state index is 11.7. The summed E-state index contributed by atoms with van der Waals surface area (Å²) in [6, 6.07) is 5.63. The summed E-state index contributed by atoms with van der Waals surface area (Å²) in [5.41, 5.74) is 1.10. The van der Waals surface area contributed by atoms with Crippen LogP contribution in [0.15, 0.2) is 18.2 Å². The Morgan fingerprint density at radius 2 is 1.70 bits per heavy atom. The van der Waals surface area contributed by atoms with Crippen molar-refractivity contribution in [2.45, 2.75) is 64.7 Å². The zero-order chi connectivity index (χ0) is 20.1. The van der Waals surface area contributed by atoms with Crippen molar-refractivity contribution in [2.24, 2.45) is 0 Å². The van der Waals surface area contributed by atoms with Gasteiger partial charge in [0.2, 0.25) is 0 Å². The van der Waals surface area contributed by atoms with Crippen LogP contribution in [0.3, 0.4) is 0 Å². The first kappa shape index (κ1) is 23.8. The lowest BCUT2D eigenvalue weighted by Crippen LogP contribution is -2.43. The van der Waals surface area contributed by atoms with Crippen molar-refractivity contribution >= 4 is 18.7 Å². The van der Waals surface area contributed by atoms with Crippen LogP contribution < -0.4 is 9.47 Å². The van der Waals surface area contributed by atoms with Crippen molar-refractivity contribution in [3.05, 3.63) is 23.8 Å². The first-order valence-electron chi connectivity index (χ1n) is 10.3. The second-order valence-electron chi connectivity index (χ2n) is 7.90. The predicted molar refractivity (Wildman–Crippen MR) is 115 cm³/mol. The molecule has 0 fully saturated rings. The van der Waals surface area contributed by atoms with E-state index in [0.29, 0.717) is 18.1 Å². The van der Waals surface area contributed by atoms with Crippen LogP contribution in [-0.2, 0) is 19.0 Å². The Kier molecular flexibility index (Phi) is 11.5. The van der Waals surface area contributed by atoms with Crippen LogP contribution in [0.1, 0.15) is 63.9 Å². The van der Waals surface area contributed by atoms with Crippen molar-refractivity contribution in [3.63, 3.8) is 0 Å². The minimum Gasteiger partial charge on any atom is -0.793 e. The van der Waals surface area contributed by atoms with Crippen molar-refractivity contribution < 1.29 is 18.8 Å². The van der Waals surface area contributed by atoms with E-state index in [1.807, 2.05) is 12.1 Å². The molecular weight excluding hydrogens is 358 g/mol.